The van der Waals surface area contributed by atoms with Crippen LogP contribution in [0.1, 0.15) is 67.3 Å². The highest BCUT2D eigenvalue weighted by Gasteiger charge is 2.48. The molecule has 2 heterocycles. The van der Waals surface area contributed by atoms with Gasteiger partial charge in [0.15, 0.2) is 5.82 Å². The zero-order chi connectivity index (χ0) is 17.0. The Hall–Kier alpha value is -2.24. The zero-order valence-electron chi connectivity index (χ0n) is 13.9. The van der Waals surface area contributed by atoms with Crippen molar-refractivity contribution in [2.45, 2.75) is 50.0 Å². The second-order valence-corrected chi connectivity index (χ2v) is 7.46. The quantitative estimate of drug-likeness (QED) is 0.853. The minimum Gasteiger partial charge on any atom is -0.339 e. The predicted octanol–water partition coefficient (Wildman–Crippen LogP) is 3.55. The van der Waals surface area contributed by atoms with E-state index in [2.05, 4.69) is 10.1 Å². The Bertz CT molecular complexity index is 817. The Balaban J connectivity index is 1.31. The monoisotopic (exact) mass is 341 g/mol. The van der Waals surface area contributed by atoms with E-state index >= 15 is 0 Å². The molecule has 25 heavy (non-hydrogen) atoms. The largest absolute Gasteiger partial charge is 0.339 e. The van der Waals surface area contributed by atoms with Crippen molar-refractivity contribution in [3.63, 3.8) is 0 Å². The predicted molar refractivity (Wildman–Crippen MR) is 87.2 cm³/mol. The number of benzene rings is 1. The maximum atomic E-state index is 13.4. The molecule has 5 nitrogen and oxygen atoms in total. The van der Waals surface area contributed by atoms with Crippen LogP contribution in [0, 0.1) is 11.7 Å². The van der Waals surface area contributed by atoms with E-state index in [1.165, 1.54) is 6.07 Å². The third kappa shape index (κ3) is 2.73. The summed E-state index contributed by atoms with van der Waals surface area (Å²) in [5.41, 5.74) is 0.921. The summed E-state index contributed by atoms with van der Waals surface area (Å²) in [6, 6.07) is 6.52. The molecule has 3 fully saturated rings. The highest BCUT2D eigenvalue weighted by molar-refractivity contribution is 5.83. The fourth-order valence-electron chi connectivity index (χ4n) is 3.96. The van der Waals surface area contributed by atoms with Gasteiger partial charge in [0.1, 0.15) is 5.82 Å². The van der Waals surface area contributed by atoms with Crippen molar-refractivity contribution in [1.29, 1.82) is 0 Å². The smallest absolute Gasteiger partial charge is 0.229 e. The molecule has 1 aliphatic heterocycles. The molecular formula is C19H20FN3O2. The van der Waals surface area contributed by atoms with Crippen LogP contribution in [0.3, 0.4) is 0 Å². The molecule has 0 radical (unpaired) electrons. The van der Waals surface area contributed by atoms with Crippen LogP contribution in [-0.2, 0) is 4.79 Å². The Morgan fingerprint density at radius 1 is 1.28 bits per heavy atom. The van der Waals surface area contributed by atoms with E-state index in [0.717, 1.165) is 50.1 Å². The molecule has 1 aromatic heterocycles. The number of rotatable bonds is 4. The molecule has 0 bridgehead atoms. The van der Waals surface area contributed by atoms with Gasteiger partial charge in [0.05, 0.1) is 6.04 Å². The fourth-order valence-corrected chi connectivity index (χ4v) is 3.96. The number of amides is 1. The van der Waals surface area contributed by atoms with Gasteiger partial charge in [0.2, 0.25) is 11.8 Å². The molecule has 3 atom stereocenters. The molecule has 1 aromatic carbocycles. The number of hydrogen-bond acceptors (Lipinski definition) is 4. The Kier molecular flexibility index (Phi) is 3.40. The van der Waals surface area contributed by atoms with E-state index in [9.17, 15) is 9.18 Å². The zero-order valence-corrected chi connectivity index (χ0v) is 13.9. The van der Waals surface area contributed by atoms with Crippen molar-refractivity contribution in [2.75, 3.05) is 6.54 Å². The Morgan fingerprint density at radius 3 is 2.96 bits per heavy atom. The number of hydrogen-bond donors (Lipinski definition) is 0. The third-order valence-corrected chi connectivity index (χ3v) is 5.60. The number of likely N-dealkylation sites (tertiary alicyclic amines) is 1. The van der Waals surface area contributed by atoms with Crippen LogP contribution in [0.15, 0.2) is 28.8 Å². The van der Waals surface area contributed by atoms with Crippen molar-refractivity contribution in [2.24, 2.45) is 5.92 Å². The van der Waals surface area contributed by atoms with Gasteiger partial charge in [0, 0.05) is 18.4 Å². The molecule has 0 spiro atoms. The molecule has 5 rings (SSSR count). The van der Waals surface area contributed by atoms with E-state index in [-0.39, 0.29) is 29.6 Å². The SMILES string of the molecule is O=C(C1CC1c1cccc(F)c1)N1CCCC1c1noc(C2CC2)n1. The van der Waals surface area contributed by atoms with E-state index in [1.54, 1.807) is 12.1 Å². The first-order valence-electron chi connectivity index (χ1n) is 9.10. The van der Waals surface area contributed by atoms with Gasteiger partial charge in [-0.2, -0.15) is 4.98 Å². The van der Waals surface area contributed by atoms with Gasteiger partial charge < -0.3 is 9.42 Å². The lowest BCUT2D eigenvalue weighted by Gasteiger charge is -2.22. The summed E-state index contributed by atoms with van der Waals surface area (Å²) >= 11 is 0. The molecule has 130 valence electrons. The van der Waals surface area contributed by atoms with Crippen LogP contribution in [0.4, 0.5) is 4.39 Å². The topological polar surface area (TPSA) is 59.2 Å². The maximum Gasteiger partial charge on any atom is 0.229 e. The number of carbonyl (C=O) groups excluding carboxylic acids is 1. The van der Waals surface area contributed by atoms with Gasteiger partial charge in [-0.3, -0.25) is 4.79 Å². The molecular weight excluding hydrogens is 321 g/mol. The summed E-state index contributed by atoms with van der Waals surface area (Å²) in [6.07, 6.45) is 4.87. The number of aromatic nitrogens is 2. The van der Waals surface area contributed by atoms with E-state index < -0.39 is 0 Å². The van der Waals surface area contributed by atoms with Crippen LogP contribution >= 0.6 is 0 Å². The fraction of sp³-hybridized carbons (Fsp3) is 0.526. The van der Waals surface area contributed by atoms with E-state index in [1.807, 2.05) is 11.0 Å². The van der Waals surface area contributed by atoms with E-state index in [0.29, 0.717) is 11.7 Å². The maximum absolute atomic E-state index is 13.4. The Morgan fingerprint density at radius 2 is 2.16 bits per heavy atom. The van der Waals surface area contributed by atoms with Crippen LogP contribution in [0.2, 0.25) is 0 Å². The first-order chi connectivity index (χ1) is 12.2. The third-order valence-electron chi connectivity index (χ3n) is 5.60. The number of halogens is 1. The molecule has 2 aromatic rings. The van der Waals surface area contributed by atoms with Crippen molar-refractivity contribution in [3.05, 3.63) is 47.4 Å². The summed E-state index contributed by atoms with van der Waals surface area (Å²) in [7, 11) is 0. The highest BCUT2D eigenvalue weighted by Crippen LogP contribution is 2.50. The van der Waals surface area contributed by atoms with Crippen LogP contribution in [-0.4, -0.2) is 27.5 Å². The Labute approximate surface area is 145 Å². The second kappa shape index (κ2) is 5.64. The average molecular weight is 341 g/mol. The van der Waals surface area contributed by atoms with Gasteiger partial charge in [-0.1, -0.05) is 17.3 Å². The highest BCUT2D eigenvalue weighted by atomic mass is 19.1. The second-order valence-electron chi connectivity index (χ2n) is 7.46. The molecule has 3 unspecified atom stereocenters. The van der Waals surface area contributed by atoms with Crippen molar-refractivity contribution >= 4 is 5.91 Å². The van der Waals surface area contributed by atoms with Gasteiger partial charge in [-0.25, -0.2) is 4.39 Å². The lowest BCUT2D eigenvalue weighted by Crippen LogP contribution is -2.32. The molecule has 2 saturated carbocycles. The normalized spacial score (nSPS) is 28.4. The van der Waals surface area contributed by atoms with E-state index in [4.69, 9.17) is 4.52 Å². The number of nitrogens with zero attached hydrogens (tertiary/aromatic N) is 3. The summed E-state index contributed by atoms with van der Waals surface area (Å²) in [5.74, 6) is 1.79. The minimum absolute atomic E-state index is 0.0443. The standard InChI is InChI=1S/C19H20FN3O2/c20-13-4-1-3-12(9-13)14-10-15(14)19(24)23-8-2-5-16(23)17-21-18(25-22-17)11-6-7-11/h1,3-4,9,11,14-16H,2,5-8,10H2. The first-order valence-corrected chi connectivity index (χ1v) is 9.10. The van der Waals surface area contributed by atoms with Crippen LogP contribution in [0.5, 0.6) is 0 Å². The first kappa shape index (κ1) is 15.0. The minimum atomic E-state index is -0.242. The van der Waals surface area contributed by atoms with Gasteiger partial charge in [-0.05, 0) is 55.7 Å². The summed E-state index contributed by atoms with van der Waals surface area (Å²) in [6.45, 7) is 0.739. The molecule has 1 amide bonds. The van der Waals surface area contributed by atoms with Gasteiger partial charge in [-0.15, -0.1) is 0 Å². The molecule has 2 aliphatic carbocycles. The van der Waals surface area contributed by atoms with Crippen molar-refractivity contribution < 1.29 is 13.7 Å². The average Bonchev–Trinajstić information content (AvgIpc) is 3.51. The number of carbonyl (C=O) groups is 1. The summed E-state index contributed by atoms with van der Waals surface area (Å²) in [5, 5.41) is 4.13. The molecule has 3 aliphatic rings. The summed E-state index contributed by atoms with van der Waals surface area (Å²) < 4.78 is 18.8. The molecule has 6 heteroatoms. The van der Waals surface area contributed by atoms with Crippen LogP contribution in [0.25, 0.3) is 0 Å². The molecule has 0 N–H and O–H groups in total. The lowest BCUT2D eigenvalue weighted by molar-refractivity contribution is -0.133. The lowest BCUT2D eigenvalue weighted by atomic mass is 10.1. The van der Waals surface area contributed by atoms with Crippen LogP contribution < -0.4 is 0 Å². The van der Waals surface area contributed by atoms with Crippen molar-refractivity contribution in [1.82, 2.24) is 15.0 Å². The van der Waals surface area contributed by atoms with Gasteiger partial charge >= 0.3 is 0 Å². The van der Waals surface area contributed by atoms with Gasteiger partial charge in [0.25, 0.3) is 0 Å². The molecule has 1 saturated heterocycles. The summed E-state index contributed by atoms with van der Waals surface area (Å²) in [4.78, 5) is 19.4. The van der Waals surface area contributed by atoms with Crippen molar-refractivity contribution in [3.8, 4) is 0 Å².